The average Bonchev–Trinajstić information content (AvgIpc) is 1.61. The van der Waals surface area contributed by atoms with E-state index < -0.39 is 35.7 Å². The predicted octanol–water partition coefficient (Wildman–Crippen LogP) is 17.2. The molecule has 5 aromatic rings. The lowest BCUT2D eigenvalue weighted by Crippen LogP contribution is -2.30. The first-order valence-corrected chi connectivity index (χ1v) is 40.3. The van der Waals surface area contributed by atoms with E-state index in [1.54, 1.807) is 50.5 Å². The number of esters is 8. The highest BCUT2D eigenvalue weighted by molar-refractivity contribution is 7.23. The summed E-state index contributed by atoms with van der Waals surface area (Å²) in [6.45, 7) is 15.9. The van der Waals surface area contributed by atoms with Gasteiger partial charge in [-0.2, -0.15) is 10.2 Å². The smallest absolute Gasteiger partial charge is 0.333 e. The number of hydrogen-bond donors (Lipinski definition) is 2. The van der Waals surface area contributed by atoms with Gasteiger partial charge in [0.15, 0.2) is 23.0 Å². The number of anilines is 2. The molecular formula is C82H104N6O16S2. The van der Waals surface area contributed by atoms with Gasteiger partial charge in [-0.15, -0.1) is 0 Å². The number of hydrazone groups is 2. The SMILES string of the molecule is C=C(C)C(=O)OCCCCOC(=O)C1CCC(C(=O)Oc2ccc(OC(=O)C3CCC(C4CCC(C)CC4)CC3)c3nc(N/N=C/c4ccc(/C=N/Nc5nc6c(OC(=O)C7CCC(C8CCC(C)CC8)CC7)ccc(OC(=O)C7CCC(C(=O)OCCCCOC(=O)C(=C)C)CC7)c6s5)cc4)sc23)CC1. The minimum Gasteiger partial charge on any atom is -0.465 e. The Morgan fingerprint density at radius 2 is 0.651 bits per heavy atom. The molecule has 0 bridgehead atoms. The molecular weight excluding hydrogens is 1390 g/mol. The first-order chi connectivity index (χ1) is 51.3. The molecule has 2 N–H and O–H groups in total. The van der Waals surface area contributed by atoms with Gasteiger partial charge < -0.3 is 37.9 Å². The van der Waals surface area contributed by atoms with Crippen LogP contribution in [-0.4, -0.2) is 96.6 Å². The lowest BCUT2D eigenvalue weighted by molar-refractivity contribution is -0.152. The normalized spacial score (nSPS) is 24.9. The second-order valence-corrected chi connectivity index (χ2v) is 32.5. The van der Waals surface area contributed by atoms with Crippen molar-refractivity contribution in [3.05, 3.63) is 84.0 Å². The Morgan fingerprint density at radius 1 is 0.387 bits per heavy atom. The van der Waals surface area contributed by atoms with Crippen LogP contribution in [0, 0.1) is 71.0 Å². The van der Waals surface area contributed by atoms with Gasteiger partial charge in [0.25, 0.3) is 0 Å². The molecule has 570 valence electrons. The average molecular weight is 1490 g/mol. The summed E-state index contributed by atoms with van der Waals surface area (Å²) in [5.41, 5.74) is 8.93. The van der Waals surface area contributed by atoms with Crippen LogP contribution in [0.15, 0.2) is 83.0 Å². The van der Waals surface area contributed by atoms with Gasteiger partial charge in [0.2, 0.25) is 10.3 Å². The van der Waals surface area contributed by atoms with Crippen molar-refractivity contribution in [3.63, 3.8) is 0 Å². The highest BCUT2D eigenvalue weighted by atomic mass is 32.1. The molecule has 3 aromatic carbocycles. The van der Waals surface area contributed by atoms with Crippen LogP contribution in [0.2, 0.25) is 0 Å². The fourth-order valence-corrected chi connectivity index (χ4v) is 17.7. The number of benzene rings is 3. The highest BCUT2D eigenvalue weighted by Gasteiger charge is 2.38. The van der Waals surface area contributed by atoms with Crippen LogP contribution in [0.25, 0.3) is 20.4 Å². The van der Waals surface area contributed by atoms with Gasteiger partial charge in [-0.05, 0) is 239 Å². The third-order valence-electron chi connectivity index (χ3n) is 22.6. The van der Waals surface area contributed by atoms with Crippen molar-refractivity contribution in [2.24, 2.45) is 81.2 Å². The molecule has 6 saturated carbocycles. The molecule has 6 fully saturated rings. The van der Waals surface area contributed by atoms with Crippen molar-refractivity contribution in [1.82, 2.24) is 9.97 Å². The molecule has 0 radical (unpaired) electrons. The van der Waals surface area contributed by atoms with Gasteiger partial charge in [0.05, 0.1) is 74.4 Å². The zero-order valence-corrected chi connectivity index (χ0v) is 63.5. The Labute approximate surface area is 629 Å². The number of aromatic nitrogens is 2. The van der Waals surface area contributed by atoms with E-state index in [9.17, 15) is 38.4 Å². The first kappa shape index (κ1) is 78.7. The maximum atomic E-state index is 13.9. The number of thiazole rings is 2. The van der Waals surface area contributed by atoms with Gasteiger partial charge in [-0.1, -0.05) is 99.6 Å². The Bertz CT molecular complexity index is 3710. The summed E-state index contributed by atoms with van der Waals surface area (Å²) in [7, 11) is 0. The van der Waals surface area contributed by atoms with Crippen LogP contribution in [0.5, 0.6) is 23.0 Å². The molecule has 0 aliphatic heterocycles. The number of carbonyl (C=O) groups is 8. The number of carbonyl (C=O) groups excluding carboxylic acids is 8. The molecule has 2 aromatic heterocycles. The lowest BCUT2D eigenvalue weighted by Gasteiger charge is -2.36. The number of unbranched alkanes of at least 4 members (excludes halogenated alkanes) is 2. The minimum absolute atomic E-state index is 0.207. The monoisotopic (exact) mass is 1490 g/mol. The van der Waals surface area contributed by atoms with Gasteiger partial charge in [0, 0.05) is 11.1 Å². The van der Waals surface area contributed by atoms with E-state index in [0.29, 0.717) is 131 Å². The van der Waals surface area contributed by atoms with Crippen LogP contribution in [0.4, 0.5) is 10.3 Å². The van der Waals surface area contributed by atoms with E-state index in [-0.39, 0.29) is 97.0 Å². The molecule has 6 aliphatic carbocycles. The van der Waals surface area contributed by atoms with Crippen molar-refractivity contribution in [3.8, 4) is 23.0 Å². The van der Waals surface area contributed by atoms with E-state index in [4.69, 9.17) is 47.9 Å². The number of nitrogens with one attached hydrogen (secondary N) is 2. The summed E-state index contributed by atoms with van der Waals surface area (Å²) >= 11 is 2.42. The van der Waals surface area contributed by atoms with Gasteiger partial charge >= 0.3 is 47.8 Å². The van der Waals surface area contributed by atoms with Gasteiger partial charge in [-0.25, -0.2) is 19.6 Å². The zero-order chi connectivity index (χ0) is 74.6. The topological polar surface area (TPSA) is 285 Å². The molecule has 106 heavy (non-hydrogen) atoms. The Kier molecular flexibility index (Phi) is 28.5. The Balaban J connectivity index is 0.714. The highest BCUT2D eigenvalue weighted by Crippen LogP contribution is 2.47. The summed E-state index contributed by atoms with van der Waals surface area (Å²) in [6, 6.07) is 14.0. The van der Waals surface area contributed by atoms with Crippen molar-refractivity contribution in [2.75, 3.05) is 37.3 Å². The van der Waals surface area contributed by atoms with E-state index in [1.165, 1.54) is 74.0 Å². The molecule has 0 amide bonds. The molecule has 0 unspecified atom stereocenters. The quantitative estimate of drug-likeness (QED) is 0.00821. The standard InChI is InChI=1S/C82H104N6O16S2/c1-49(2)73(89)97-43-7-9-45-99-75(91)59-31-35-63(36-32-59)79(95)103-67-41-39-65(101-77(93)61-27-23-57(24-28-61)55-19-11-51(5)12-20-55)69-71(67)105-81(85-69)87-83-47-53-15-17-54(18-16-53)48-84-88-82-86-70-66(102-78(94)62-29-25-58(26-30-62)56-21-13-52(6)14-22-56)40-42-68(72(70)106-82)104-80(96)64-37-33-60(34-38-64)76(92)100-46-10-8-44-98-74(90)50(3)4/h15-18,39-42,47-48,51-52,55-64H,1,3,7-14,19-38,43-46H2,2,4-6H3,(H,85,87)(H,86,88)/b83-47+,84-48+. The summed E-state index contributed by atoms with van der Waals surface area (Å²) < 4.78 is 47.0. The maximum absolute atomic E-state index is 13.9. The van der Waals surface area contributed by atoms with Crippen molar-refractivity contribution in [2.45, 2.75) is 207 Å². The summed E-state index contributed by atoms with van der Waals surface area (Å²) in [4.78, 5) is 115. The summed E-state index contributed by atoms with van der Waals surface area (Å²) in [6.07, 6.45) is 26.4. The third kappa shape index (κ3) is 21.9. The van der Waals surface area contributed by atoms with E-state index >= 15 is 0 Å². The largest absolute Gasteiger partial charge is 0.465 e. The van der Waals surface area contributed by atoms with Crippen molar-refractivity contribution >= 4 is 114 Å². The molecule has 6 aliphatic rings. The van der Waals surface area contributed by atoms with E-state index in [1.807, 2.05) is 24.3 Å². The molecule has 2 heterocycles. The molecule has 0 saturated heterocycles. The van der Waals surface area contributed by atoms with Crippen LogP contribution in [0.3, 0.4) is 0 Å². The molecule has 24 heteroatoms. The first-order valence-electron chi connectivity index (χ1n) is 38.7. The zero-order valence-electron chi connectivity index (χ0n) is 61.9. The minimum atomic E-state index is -0.449. The predicted molar refractivity (Wildman–Crippen MR) is 407 cm³/mol. The van der Waals surface area contributed by atoms with E-state index in [0.717, 1.165) is 86.2 Å². The van der Waals surface area contributed by atoms with Gasteiger partial charge in [-0.3, -0.25) is 39.6 Å². The van der Waals surface area contributed by atoms with Crippen molar-refractivity contribution in [1.29, 1.82) is 0 Å². The second kappa shape index (κ2) is 38.4. The summed E-state index contributed by atoms with van der Waals surface area (Å²) in [5.74, 6) is 0.369. The fraction of sp³-hybridized carbons (Fsp3) is 0.585. The molecule has 0 spiro atoms. The second-order valence-electron chi connectivity index (χ2n) is 30.6. The molecule has 11 rings (SSSR count). The summed E-state index contributed by atoms with van der Waals surface area (Å²) in [5, 5.41) is 9.77. The number of hydrogen-bond acceptors (Lipinski definition) is 24. The van der Waals surface area contributed by atoms with Gasteiger partial charge in [0.1, 0.15) is 20.4 Å². The number of fused-ring (bicyclic) bond motifs is 2. The van der Waals surface area contributed by atoms with E-state index in [2.05, 4.69) is 48.1 Å². The number of nitrogens with zero attached hydrogens (tertiary/aromatic N) is 4. The Morgan fingerprint density at radius 3 is 0.962 bits per heavy atom. The van der Waals surface area contributed by atoms with Crippen molar-refractivity contribution < 1.29 is 76.3 Å². The van der Waals surface area contributed by atoms with Crippen LogP contribution < -0.4 is 29.8 Å². The van der Waals surface area contributed by atoms with Crippen LogP contribution >= 0.6 is 22.7 Å². The third-order valence-corrected chi connectivity index (χ3v) is 24.6. The number of rotatable bonds is 30. The number of ether oxygens (including phenoxy) is 8. The van der Waals surface area contributed by atoms with Crippen LogP contribution in [-0.2, 0) is 57.3 Å². The molecule has 0 atom stereocenters. The molecule has 22 nitrogen and oxygen atoms in total. The van der Waals surface area contributed by atoms with Crippen LogP contribution in [0.1, 0.15) is 219 Å². The maximum Gasteiger partial charge on any atom is 0.333 e. The fourth-order valence-electron chi connectivity index (χ4n) is 16.0. The lowest BCUT2D eigenvalue weighted by atomic mass is 9.69. The Hall–Kier alpha value is -8.38.